The average Bonchev–Trinajstić information content (AvgIpc) is 2.40. The summed E-state index contributed by atoms with van der Waals surface area (Å²) < 4.78 is 27.0. The number of hydrogen-bond donors (Lipinski definition) is 2. The zero-order valence-corrected chi connectivity index (χ0v) is 13.3. The van der Waals surface area contributed by atoms with E-state index in [0.717, 1.165) is 18.4 Å². The standard InChI is InChI=1S/C15H26N2O2S/c1-3-4-5-6-7-8-11-17-20(18,19)15-12-14(16)10-9-13(15)2/h9-10,12,17H,3-8,11,16H2,1-2H3. The fourth-order valence-electron chi connectivity index (χ4n) is 2.10. The number of sulfonamides is 1. The van der Waals surface area contributed by atoms with Gasteiger partial charge in [0.25, 0.3) is 0 Å². The van der Waals surface area contributed by atoms with Crippen molar-refractivity contribution in [1.29, 1.82) is 0 Å². The highest BCUT2D eigenvalue weighted by molar-refractivity contribution is 7.89. The second kappa shape index (κ2) is 8.27. The third-order valence-electron chi connectivity index (χ3n) is 3.32. The molecule has 0 radical (unpaired) electrons. The van der Waals surface area contributed by atoms with Crippen LogP contribution in [0.15, 0.2) is 23.1 Å². The van der Waals surface area contributed by atoms with Crippen molar-refractivity contribution in [2.45, 2.75) is 57.3 Å². The first-order valence-corrected chi connectivity index (χ1v) is 8.81. The SMILES string of the molecule is CCCCCCCCNS(=O)(=O)c1cc(N)ccc1C. The van der Waals surface area contributed by atoms with E-state index in [9.17, 15) is 8.42 Å². The monoisotopic (exact) mass is 298 g/mol. The number of unbranched alkanes of at least 4 members (excludes halogenated alkanes) is 5. The quantitative estimate of drug-likeness (QED) is 0.543. The lowest BCUT2D eigenvalue weighted by Gasteiger charge is -2.10. The van der Waals surface area contributed by atoms with Crippen LogP contribution >= 0.6 is 0 Å². The highest BCUT2D eigenvalue weighted by atomic mass is 32.2. The molecule has 0 saturated carbocycles. The molecule has 114 valence electrons. The van der Waals surface area contributed by atoms with Crippen molar-refractivity contribution in [1.82, 2.24) is 4.72 Å². The van der Waals surface area contributed by atoms with Crippen molar-refractivity contribution in [2.24, 2.45) is 0 Å². The van der Waals surface area contributed by atoms with E-state index in [4.69, 9.17) is 5.73 Å². The Labute approximate surface area is 122 Å². The Bertz CT molecular complexity index is 513. The van der Waals surface area contributed by atoms with Crippen LogP contribution in [0.4, 0.5) is 5.69 Å². The molecule has 0 fully saturated rings. The third kappa shape index (κ3) is 5.51. The van der Waals surface area contributed by atoms with Crippen molar-refractivity contribution < 1.29 is 8.42 Å². The predicted molar refractivity (Wildman–Crippen MR) is 84.2 cm³/mol. The Balaban J connectivity index is 2.44. The molecule has 0 bridgehead atoms. The van der Waals surface area contributed by atoms with E-state index in [-0.39, 0.29) is 4.90 Å². The van der Waals surface area contributed by atoms with Crippen LogP contribution in [0, 0.1) is 6.92 Å². The molecule has 0 aliphatic carbocycles. The van der Waals surface area contributed by atoms with Crippen molar-refractivity contribution in [3.8, 4) is 0 Å². The summed E-state index contributed by atoms with van der Waals surface area (Å²) in [5.41, 5.74) is 6.84. The third-order valence-corrected chi connectivity index (χ3v) is 4.93. The highest BCUT2D eigenvalue weighted by Gasteiger charge is 2.16. The van der Waals surface area contributed by atoms with Gasteiger partial charge in [0.05, 0.1) is 4.90 Å². The van der Waals surface area contributed by atoms with Gasteiger partial charge in [-0.15, -0.1) is 0 Å². The van der Waals surface area contributed by atoms with Gasteiger partial charge in [-0.25, -0.2) is 13.1 Å². The molecule has 3 N–H and O–H groups in total. The zero-order chi connectivity index (χ0) is 15.0. The number of anilines is 1. The molecular weight excluding hydrogens is 272 g/mol. The summed E-state index contributed by atoms with van der Waals surface area (Å²) in [6.07, 6.45) is 6.84. The number of hydrogen-bond acceptors (Lipinski definition) is 3. The lowest BCUT2D eigenvalue weighted by molar-refractivity contribution is 0.567. The van der Waals surface area contributed by atoms with Gasteiger partial charge >= 0.3 is 0 Å². The molecule has 0 amide bonds. The number of rotatable bonds is 9. The lowest BCUT2D eigenvalue weighted by atomic mass is 10.1. The largest absolute Gasteiger partial charge is 0.399 e. The molecule has 0 aliphatic rings. The predicted octanol–water partition coefficient (Wildman–Crippen LogP) is 3.22. The van der Waals surface area contributed by atoms with Crippen molar-refractivity contribution in [3.63, 3.8) is 0 Å². The van der Waals surface area contributed by atoms with Crippen molar-refractivity contribution in [2.75, 3.05) is 12.3 Å². The Morgan fingerprint density at radius 1 is 1.10 bits per heavy atom. The zero-order valence-electron chi connectivity index (χ0n) is 12.5. The minimum atomic E-state index is -3.44. The van der Waals surface area contributed by atoms with E-state index in [2.05, 4.69) is 11.6 Å². The fraction of sp³-hybridized carbons (Fsp3) is 0.600. The van der Waals surface area contributed by atoms with Gasteiger partial charge in [0.1, 0.15) is 0 Å². The van der Waals surface area contributed by atoms with Gasteiger partial charge in [-0.2, -0.15) is 0 Å². The van der Waals surface area contributed by atoms with Crippen LogP contribution in [0.5, 0.6) is 0 Å². The first kappa shape index (κ1) is 17.0. The topological polar surface area (TPSA) is 72.2 Å². The smallest absolute Gasteiger partial charge is 0.240 e. The van der Waals surface area contributed by atoms with Crippen molar-refractivity contribution in [3.05, 3.63) is 23.8 Å². The Morgan fingerprint density at radius 2 is 1.75 bits per heavy atom. The second-order valence-corrected chi connectivity index (χ2v) is 6.93. The molecule has 1 aromatic carbocycles. The Morgan fingerprint density at radius 3 is 2.45 bits per heavy atom. The maximum absolute atomic E-state index is 12.2. The van der Waals surface area contributed by atoms with Gasteiger partial charge in [-0.3, -0.25) is 0 Å². The summed E-state index contributed by atoms with van der Waals surface area (Å²) >= 11 is 0. The molecule has 0 aromatic heterocycles. The maximum Gasteiger partial charge on any atom is 0.240 e. The molecule has 1 rings (SSSR count). The Hall–Kier alpha value is -1.07. The number of nitrogens with two attached hydrogens (primary N) is 1. The van der Waals surface area contributed by atoms with E-state index < -0.39 is 10.0 Å². The van der Waals surface area contributed by atoms with Crippen LogP contribution in [0.1, 0.15) is 51.0 Å². The summed E-state index contributed by atoms with van der Waals surface area (Å²) in [4.78, 5) is 0.281. The minimum Gasteiger partial charge on any atom is -0.399 e. The number of aryl methyl sites for hydroxylation is 1. The van der Waals surface area contributed by atoms with Gasteiger partial charge in [-0.1, -0.05) is 45.1 Å². The molecule has 0 aliphatic heterocycles. The molecular formula is C15H26N2O2S. The molecule has 0 atom stereocenters. The van der Waals surface area contributed by atoms with Gasteiger partial charge in [0.15, 0.2) is 0 Å². The van der Waals surface area contributed by atoms with Crippen LogP contribution in [0.2, 0.25) is 0 Å². The molecule has 0 unspecified atom stereocenters. The van der Waals surface area contributed by atoms with Gasteiger partial charge in [-0.05, 0) is 31.0 Å². The van der Waals surface area contributed by atoms with E-state index >= 15 is 0 Å². The van der Waals surface area contributed by atoms with Gasteiger partial charge in [0, 0.05) is 12.2 Å². The van der Waals surface area contributed by atoms with E-state index in [1.165, 1.54) is 31.7 Å². The van der Waals surface area contributed by atoms with E-state index in [0.29, 0.717) is 12.2 Å². The van der Waals surface area contributed by atoms with E-state index in [1.54, 1.807) is 19.1 Å². The van der Waals surface area contributed by atoms with Crippen molar-refractivity contribution >= 4 is 15.7 Å². The van der Waals surface area contributed by atoms with Crippen LogP contribution in [0.3, 0.4) is 0 Å². The number of nitrogens with one attached hydrogen (secondary N) is 1. The van der Waals surface area contributed by atoms with Crippen LogP contribution in [0.25, 0.3) is 0 Å². The normalized spacial score (nSPS) is 11.7. The molecule has 4 nitrogen and oxygen atoms in total. The second-order valence-electron chi connectivity index (χ2n) is 5.19. The number of benzene rings is 1. The summed E-state index contributed by atoms with van der Waals surface area (Å²) in [5.74, 6) is 0. The summed E-state index contributed by atoms with van der Waals surface area (Å²) in [6, 6.07) is 4.95. The Kier molecular flexibility index (Phi) is 7.02. The molecule has 5 heteroatoms. The highest BCUT2D eigenvalue weighted by Crippen LogP contribution is 2.18. The molecule has 0 heterocycles. The first-order chi connectivity index (χ1) is 9.47. The molecule has 1 aromatic rings. The average molecular weight is 298 g/mol. The fourth-order valence-corrected chi connectivity index (χ4v) is 3.45. The summed E-state index contributed by atoms with van der Waals surface area (Å²) in [6.45, 7) is 4.45. The van der Waals surface area contributed by atoms with Crippen LogP contribution in [-0.4, -0.2) is 15.0 Å². The lowest BCUT2D eigenvalue weighted by Crippen LogP contribution is -2.25. The molecule has 20 heavy (non-hydrogen) atoms. The number of nitrogen functional groups attached to an aromatic ring is 1. The summed E-state index contributed by atoms with van der Waals surface area (Å²) in [5, 5.41) is 0. The van der Waals surface area contributed by atoms with Crippen LogP contribution in [-0.2, 0) is 10.0 Å². The van der Waals surface area contributed by atoms with Crippen LogP contribution < -0.4 is 10.5 Å². The van der Waals surface area contributed by atoms with Gasteiger partial charge < -0.3 is 5.73 Å². The van der Waals surface area contributed by atoms with Gasteiger partial charge in [0.2, 0.25) is 10.0 Å². The minimum absolute atomic E-state index is 0.281. The maximum atomic E-state index is 12.2. The molecule has 0 spiro atoms. The molecule has 0 saturated heterocycles. The first-order valence-electron chi connectivity index (χ1n) is 7.33. The summed E-state index contributed by atoms with van der Waals surface area (Å²) in [7, 11) is -3.44. The van der Waals surface area contributed by atoms with E-state index in [1.807, 2.05) is 0 Å².